The Balaban J connectivity index is 1.73. The molecule has 6 nitrogen and oxygen atoms in total. The second-order valence-electron chi connectivity index (χ2n) is 6.82. The van der Waals surface area contributed by atoms with Crippen LogP contribution in [0.25, 0.3) is 0 Å². The normalized spacial score (nSPS) is 10.9. The Morgan fingerprint density at radius 2 is 1.67 bits per heavy atom. The van der Waals surface area contributed by atoms with Gasteiger partial charge >= 0.3 is 6.18 Å². The van der Waals surface area contributed by atoms with Gasteiger partial charge in [0.2, 0.25) is 5.91 Å². The van der Waals surface area contributed by atoms with Gasteiger partial charge in [-0.2, -0.15) is 13.2 Å². The summed E-state index contributed by atoms with van der Waals surface area (Å²) in [5.41, 5.74) is -0.780. The van der Waals surface area contributed by atoms with Gasteiger partial charge in [0, 0.05) is 22.0 Å². The zero-order chi connectivity index (χ0) is 24.0. The number of ether oxygens (including phenoxy) is 1. The van der Waals surface area contributed by atoms with Crippen molar-refractivity contribution in [3.8, 4) is 5.75 Å². The third-order valence-corrected chi connectivity index (χ3v) is 4.73. The molecular formula is C23H19ClF3N3O3. The maximum Gasteiger partial charge on any atom is 0.418 e. The van der Waals surface area contributed by atoms with Gasteiger partial charge in [0.05, 0.1) is 24.9 Å². The van der Waals surface area contributed by atoms with Gasteiger partial charge in [0.15, 0.2) is 0 Å². The topological polar surface area (TPSA) is 79.5 Å². The van der Waals surface area contributed by atoms with E-state index in [4.69, 9.17) is 16.3 Å². The Bertz CT molecular complexity index is 1150. The number of alkyl halides is 3. The number of hydrogen-bond donors (Lipinski definition) is 3. The fraction of sp³-hybridized carbons (Fsp3) is 0.130. The lowest BCUT2D eigenvalue weighted by Crippen LogP contribution is -2.23. The molecule has 3 aromatic rings. The molecule has 0 saturated carbocycles. The van der Waals surface area contributed by atoms with Gasteiger partial charge in [-0.15, -0.1) is 0 Å². The lowest BCUT2D eigenvalue weighted by Gasteiger charge is -2.17. The molecule has 0 saturated heterocycles. The van der Waals surface area contributed by atoms with Crippen molar-refractivity contribution in [2.45, 2.75) is 6.18 Å². The number of carbonyl (C=O) groups is 2. The van der Waals surface area contributed by atoms with Crippen LogP contribution in [0.15, 0.2) is 66.7 Å². The van der Waals surface area contributed by atoms with Crippen molar-refractivity contribution in [1.29, 1.82) is 0 Å². The molecule has 0 aromatic heterocycles. The zero-order valence-electron chi connectivity index (χ0n) is 17.3. The van der Waals surface area contributed by atoms with Crippen molar-refractivity contribution >= 4 is 40.5 Å². The van der Waals surface area contributed by atoms with Gasteiger partial charge in [0.1, 0.15) is 5.75 Å². The average molecular weight is 478 g/mol. The minimum atomic E-state index is -4.72. The highest BCUT2D eigenvalue weighted by molar-refractivity contribution is 6.31. The van der Waals surface area contributed by atoms with E-state index in [1.165, 1.54) is 19.2 Å². The summed E-state index contributed by atoms with van der Waals surface area (Å²) in [5, 5.41) is 7.82. The Labute approximate surface area is 192 Å². The van der Waals surface area contributed by atoms with Crippen LogP contribution in [0.4, 0.5) is 30.2 Å². The molecule has 10 heteroatoms. The van der Waals surface area contributed by atoms with Gasteiger partial charge in [-0.1, -0.05) is 29.8 Å². The summed E-state index contributed by atoms with van der Waals surface area (Å²) in [6.45, 7) is -0.450. The minimum Gasteiger partial charge on any atom is -0.495 e. The van der Waals surface area contributed by atoms with Crippen LogP contribution >= 0.6 is 11.6 Å². The Kier molecular flexibility index (Phi) is 7.44. The fourth-order valence-corrected chi connectivity index (χ4v) is 3.12. The van der Waals surface area contributed by atoms with Gasteiger partial charge < -0.3 is 20.7 Å². The molecule has 0 bridgehead atoms. The van der Waals surface area contributed by atoms with Gasteiger partial charge in [0.25, 0.3) is 5.91 Å². The molecular weight excluding hydrogens is 459 g/mol. The zero-order valence-corrected chi connectivity index (χ0v) is 18.1. The van der Waals surface area contributed by atoms with Crippen molar-refractivity contribution in [2.75, 3.05) is 29.6 Å². The molecule has 33 heavy (non-hydrogen) atoms. The number of carbonyl (C=O) groups excluding carboxylic acids is 2. The number of anilines is 3. The summed E-state index contributed by atoms with van der Waals surface area (Å²) in [4.78, 5) is 24.5. The van der Waals surface area contributed by atoms with E-state index in [2.05, 4.69) is 16.0 Å². The van der Waals surface area contributed by atoms with E-state index in [-0.39, 0.29) is 17.1 Å². The molecule has 0 heterocycles. The first-order chi connectivity index (χ1) is 15.7. The molecule has 0 spiro atoms. The molecule has 0 fully saturated rings. The van der Waals surface area contributed by atoms with E-state index in [0.29, 0.717) is 16.3 Å². The van der Waals surface area contributed by atoms with Crippen LogP contribution in [0.2, 0.25) is 5.02 Å². The van der Waals surface area contributed by atoms with Crippen LogP contribution in [-0.4, -0.2) is 25.5 Å². The van der Waals surface area contributed by atoms with Crippen molar-refractivity contribution in [3.05, 3.63) is 82.9 Å². The highest BCUT2D eigenvalue weighted by Crippen LogP contribution is 2.36. The van der Waals surface area contributed by atoms with E-state index in [9.17, 15) is 22.8 Å². The summed E-state index contributed by atoms with van der Waals surface area (Å²) in [5.74, 6) is -0.799. The number of nitrogens with one attached hydrogen (secondary N) is 3. The lowest BCUT2D eigenvalue weighted by molar-refractivity contribution is -0.137. The second-order valence-corrected chi connectivity index (χ2v) is 7.26. The summed E-state index contributed by atoms with van der Waals surface area (Å²) in [6, 6.07) is 16.0. The van der Waals surface area contributed by atoms with Crippen LogP contribution in [0.3, 0.4) is 0 Å². The van der Waals surface area contributed by atoms with E-state index >= 15 is 0 Å². The number of benzene rings is 3. The van der Waals surface area contributed by atoms with E-state index in [1.807, 2.05) is 0 Å². The van der Waals surface area contributed by atoms with Crippen LogP contribution in [-0.2, 0) is 11.0 Å². The van der Waals surface area contributed by atoms with E-state index < -0.39 is 30.1 Å². The Morgan fingerprint density at radius 3 is 2.33 bits per heavy atom. The molecule has 0 aliphatic rings. The Morgan fingerprint density at radius 1 is 0.939 bits per heavy atom. The fourth-order valence-electron chi connectivity index (χ4n) is 2.95. The molecule has 2 amide bonds. The van der Waals surface area contributed by atoms with E-state index in [0.717, 1.165) is 12.1 Å². The van der Waals surface area contributed by atoms with Gasteiger partial charge in [-0.25, -0.2) is 0 Å². The van der Waals surface area contributed by atoms with E-state index in [1.54, 1.807) is 42.5 Å². The summed E-state index contributed by atoms with van der Waals surface area (Å²) < 4.78 is 46.0. The largest absolute Gasteiger partial charge is 0.495 e. The molecule has 172 valence electrons. The first-order valence-electron chi connectivity index (χ1n) is 9.62. The summed E-state index contributed by atoms with van der Waals surface area (Å²) >= 11 is 5.91. The second kappa shape index (κ2) is 10.3. The third kappa shape index (κ3) is 6.39. The molecule has 3 N–H and O–H groups in total. The monoisotopic (exact) mass is 477 g/mol. The van der Waals surface area contributed by atoms with Crippen molar-refractivity contribution in [1.82, 2.24) is 0 Å². The Hall–Kier alpha value is -3.72. The predicted molar refractivity (Wildman–Crippen MR) is 121 cm³/mol. The SMILES string of the molecule is COc1ccc(Cl)cc1NC(=O)CNc1ccc(NC(=O)c2ccccc2)cc1C(F)(F)F. The van der Waals surface area contributed by atoms with Crippen molar-refractivity contribution < 1.29 is 27.5 Å². The maximum absolute atomic E-state index is 13.6. The maximum atomic E-state index is 13.6. The third-order valence-electron chi connectivity index (χ3n) is 4.49. The highest BCUT2D eigenvalue weighted by atomic mass is 35.5. The predicted octanol–water partition coefficient (Wildman–Crippen LogP) is 5.67. The number of halogens is 4. The molecule has 0 aliphatic carbocycles. The van der Waals surface area contributed by atoms with Crippen molar-refractivity contribution in [2.24, 2.45) is 0 Å². The number of rotatable bonds is 7. The van der Waals surface area contributed by atoms with Crippen LogP contribution in [0, 0.1) is 0 Å². The first kappa shape index (κ1) is 23.9. The molecule has 3 aromatic carbocycles. The highest BCUT2D eigenvalue weighted by Gasteiger charge is 2.34. The minimum absolute atomic E-state index is 0.0326. The molecule has 0 atom stereocenters. The molecule has 0 unspecified atom stereocenters. The summed E-state index contributed by atoms with van der Waals surface area (Å²) in [6.07, 6.45) is -4.72. The number of amides is 2. The molecule has 0 radical (unpaired) electrons. The first-order valence-corrected chi connectivity index (χ1v) is 10.00. The number of methoxy groups -OCH3 is 1. The van der Waals surface area contributed by atoms with Gasteiger partial charge in [-0.05, 0) is 48.5 Å². The quantitative estimate of drug-likeness (QED) is 0.409. The van der Waals surface area contributed by atoms with Gasteiger partial charge in [-0.3, -0.25) is 9.59 Å². The van der Waals surface area contributed by atoms with Crippen LogP contribution in [0.5, 0.6) is 5.75 Å². The lowest BCUT2D eigenvalue weighted by atomic mass is 10.1. The summed E-state index contributed by atoms with van der Waals surface area (Å²) in [7, 11) is 1.41. The van der Waals surface area contributed by atoms with Crippen LogP contribution in [0.1, 0.15) is 15.9 Å². The van der Waals surface area contributed by atoms with Crippen LogP contribution < -0.4 is 20.7 Å². The molecule has 3 rings (SSSR count). The smallest absolute Gasteiger partial charge is 0.418 e. The van der Waals surface area contributed by atoms with Crippen molar-refractivity contribution in [3.63, 3.8) is 0 Å². The number of hydrogen-bond acceptors (Lipinski definition) is 4. The standard InChI is InChI=1S/C23H19ClF3N3O3/c1-33-20-10-7-15(24)11-19(20)30-21(31)13-28-18-9-8-16(12-17(18)23(25,26)27)29-22(32)14-5-3-2-4-6-14/h2-12,28H,13H2,1H3,(H,29,32)(H,30,31). The molecule has 0 aliphatic heterocycles. The average Bonchev–Trinajstić information content (AvgIpc) is 2.78.